The minimum atomic E-state index is -1.34. The van der Waals surface area contributed by atoms with E-state index in [4.69, 9.17) is 32.7 Å². The van der Waals surface area contributed by atoms with Gasteiger partial charge in [0.15, 0.2) is 5.58 Å². The number of phenols is 1. The van der Waals surface area contributed by atoms with E-state index in [1.165, 1.54) is 21.9 Å². The average molecular weight is 869 g/mol. The summed E-state index contributed by atoms with van der Waals surface area (Å²) in [5.41, 5.74) is 4.09. The van der Waals surface area contributed by atoms with Gasteiger partial charge in [0.05, 0.1) is 33.7 Å². The Labute approximate surface area is 362 Å². The minimum Gasteiger partial charge on any atom is -0.508 e. The SMILES string of the molecule is Cc1c(-c2cc(N3C(=O)[C@@H]4C[C@@H]5C(=CC[C@@H]6C(=O)N(c7ccc(-c8nc9ccccc9o8)cc7)C(=O)[C@@H]65)[C@H](c5ccc(O)cc5Cl)[C@]4(C)C3=O)n(C)n2)sc2ccc(Cl)cc12. The molecule has 304 valence electrons. The first-order valence-electron chi connectivity index (χ1n) is 20.0. The third-order valence-electron chi connectivity index (χ3n) is 13.5. The Morgan fingerprint density at radius 3 is 2.44 bits per heavy atom. The average Bonchev–Trinajstić information content (AvgIpc) is 4.03. The molecule has 4 aliphatic rings. The predicted octanol–water partition coefficient (Wildman–Crippen LogP) is 9.87. The fraction of sp³-hybridized carbons (Fsp3) is 0.234. The highest BCUT2D eigenvalue weighted by molar-refractivity contribution is 7.22. The van der Waals surface area contributed by atoms with Gasteiger partial charge in [0.2, 0.25) is 29.5 Å². The number of carbonyl (C=O) groups is 4. The molecule has 2 aliphatic carbocycles. The highest BCUT2D eigenvalue weighted by Gasteiger charge is 2.68. The number of nitrogens with zero attached hydrogens (tertiary/aromatic N) is 5. The maximum atomic E-state index is 15.2. The third kappa shape index (κ3) is 5.41. The van der Waals surface area contributed by atoms with E-state index in [-0.39, 0.29) is 35.4 Å². The van der Waals surface area contributed by atoms with Crippen LogP contribution in [0.3, 0.4) is 0 Å². The molecule has 6 atom stereocenters. The van der Waals surface area contributed by atoms with E-state index in [0.29, 0.717) is 44.8 Å². The zero-order valence-electron chi connectivity index (χ0n) is 32.9. The van der Waals surface area contributed by atoms with Gasteiger partial charge in [-0.3, -0.25) is 28.8 Å². The maximum absolute atomic E-state index is 15.2. The second-order valence-corrected chi connectivity index (χ2v) is 18.5. The quantitative estimate of drug-likeness (QED) is 0.133. The number of fused-ring (bicyclic) bond motifs is 6. The summed E-state index contributed by atoms with van der Waals surface area (Å²) in [4.78, 5) is 67.2. The first-order chi connectivity index (χ1) is 29.3. The van der Waals surface area contributed by atoms with Gasteiger partial charge in [-0.05, 0) is 116 Å². The molecule has 3 aromatic heterocycles. The lowest BCUT2D eigenvalue weighted by atomic mass is 9.51. The molecule has 11 nitrogen and oxygen atoms in total. The van der Waals surface area contributed by atoms with Crippen molar-refractivity contribution in [2.24, 2.45) is 36.1 Å². The van der Waals surface area contributed by atoms with Gasteiger partial charge in [-0.1, -0.05) is 53.1 Å². The Bertz CT molecular complexity index is 3080. The predicted molar refractivity (Wildman–Crippen MR) is 233 cm³/mol. The van der Waals surface area contributed by atoms with Crippen LogP contribution in [0.25, 0.3) is 43.2 Å². The van der Waals surface area contributed by atoms with E-state index in [1.807, 2.05) is 55.5 Å². The highest BCUT2D eigenvalue weighted by Crippen LogP contribution is 2.64. The van der Waals surface area contributed by atoms with Crippen molar-refractivity contribution in [1.82, 2.24) is 14.8 Å². The Kier molecular flexibility index (Phi) is 8.36. The van der Waals surface area contributed by atoms with Crippen molar-refractivity contribution in [3.63, 3.8) is 0 Å². The smallest absolute Gasteiger partial charge is 0.242 e. The Balaban J connectivity index is 0.969. The number of imide groups is 2. The summed E-state index contributed by atoms with van der Waals surface area (Å²) in [6.07, 6.45) is 2.41. The summed E-state index contributed by atoms with van der Waals surface area (Å²) in [7, 11) is 1.71. The molecular weight excluding hydrogens is 834 g/mol. The fourth-order valence-corrected chi connectivity index (χ4v) is 12.1. The molecular formula is C47H35Cl2N5O6S. The Hall–Kier alpha value is -6.08. The standard InChI is InChI=1S/C47H35Cl2N5O6S/c1-22-30-18-24(48)10-17-37(30)61-41(22)35-21-38(52(3)51-35)54-44(57)32-20-31-27(40(47(32,2)46(54)59)28-14-13-26(55)19-33(28)49)15-16-29-39(31)45(58)53(43(29)56)25-11-8-23(9-12-25)42-50-34-6-4-5-7-36(34)60-42/h4-15,17-19,21,29,31-32,39-40,55H,16,20H2,1-3H3/t29-,31+,32-,39-,40+,47+/m0/s1. The normalized spacial score (nSPS) is 24.8. The number of amides is 4. The Morgan fingerprint density at radius 1 is 0.885 bits per heavy atom. The van der Waals surface area contributed by atoms with Gasteiger partial charge >= 0.3 is 0 Å². The lowest BCUT2D eigenvalue weighted by molar-refractivity contribution is -0.131. The molecule has 0 radical (unpaired) electrons. The molecule has 0 unspecified atom stereocenters. The van der Waals surface area contributed by atoms with E-state index in [0.717, 1.165) is 31.6 Å². The van der Waals surface area contributed by atoms with Crippen LogP contribution in [0, 0.1) is 36.0 Å². The number of para-hydroxylation sites is 2. The number of aromatic hydroxyl groups is 1. The van der Waals surface area contributed by atoms with Gasteiger partial charge in [0, 0.05) is 39.3 Å². The summed E-state index contributed by atoms with van der Waals surface area (Å²) in [6, 6.07) is 26.6. The molecule has 1 N–H and O–H groups in total. The highest BCUT2D eigenvalue weighted by atomic mass is 35.5. The van der Waals surface area contributed by atoms with E-state index < -0.39 is 46.8 Å². The molecule has 0 spiro atoms. The molecule has 3 fully saturated rings. The van der Waals surface area contributed by atoms with Crippen molar-refractivity contribution in [2.45, 2.75) is 32.6 Å². The van der Waals surface area contributed by atoms with Gasteiger partial charge in [-0.2, -0.15) is 5.10 Å². The van der Waals surface area contributed by atoms with Crippen molar-refractivity contribution in [3.8, 4) is 27.8 Å². The number of phenolic OH excluding ortho intramolecular Hbond substituents is 1. The summed E-state index contributed by atoms with van der Waals surface area (Å²) >= 11 is 14.8. The number of oxazole rings is 1. The van der Waals surface area contributed by atoms with Crippen molar-refractivity contribution in [2.75, 3.05) is 9.80 Å². The molecule has 61 heavy (non-hydrogen) atoms. The number of anilines is 2. The monoisotopic (exact) mass is 867 g/mol. The van der Waals surface area contributed by atoms with Crippen LogP contribution in [0.2, 0.25) is 10.0 Å². The number of hydrogen-bond donors (Lipinski definition) is 1. The molecule has 4 amide bonds. The minimum absolute atomic E-state index is 0.0495. The van der Waals surface area contributed by atoms with Crippen LogP contribution in [0.1, 0.15) is 36.8 Å². The third-order valence-corrected chi connectivity index (χ3v) is 15.3. The second kappa shape index (κ2) is 13.5. The number of allylic oxidation sites excluding steroid dienone is 2. The van der Waals surface area contributed by atoms with Gasteiger partial charge in [0.1, 0.15) is 22.8 Å². The van der Waals surface area contributed by atoms with Crippen molar-refractivity contribution >= 4 is 90.9 Å². The lowest BCUT2D eigenvalue weighted by Crippen LogP contribution is -2.49. The van der Waals surface area contributed by atoms with Crippen LogP contribution in [-0.2, 0) is 26.2 Å². The molecule has 5 heterocycles. The van der Waals surface area contributed by atoms with Crippen molar-refractivity contribution in [3.05, 3.63) is 124 Å². The van der Waals surface area contributed by atoms with E-state index in [1.54, 1.807) is 66.4 Å². The van der Waals surface area contributed by atoms with Crippen LogP contribution in [-0.4, -0.2) is 43.5 Å². The lowest BCUT2D eigenvalue weighted by Gasteiger charge is -2.49. The summed E-state index contributed by atoms with van der Waals surface area (Å²) in [6.45, 7) is 3.80. The van der Waals surface area contributed by atoms with Crippen LogP contribution in [0.15, 0.2) is 107 Å². The number of carbonyl (C=O) groups excluding carboxylic acids is 4. The topological polar surface area (TPSA) is 139 Å². The number of halogens is 2. The summed E-state index contributed by atoms with van der Waals surface area (Å²) in [5.74, 6) is -4.44. The second-order valence-electron chi connectivity index (χ2n) is 16.6. The van der Waals surface area contributed by atoms with E-state index in [2.05, 4.69) is 4.98 Å². The number of thiophene rings is 1. The number of aryl methyl sites for hydroxylation is 2. The summed E-state index contributed by atoms with van der Waals surface area (Å²) < 4.78 is 8.54. The molecule has 7 aromatic rings. The zero-order chi connectivity index (χ0) is 42.2. The number of hydrogen-bond acceptors (Lipinski definition) is 9. The number of benzene rings is 4. The molecule has 2 aliphatic heterocycles. The first kappa shape index (κ1) is 37.9. The van der Waals surface area contributed by atoms with Gasteiger partial charge < -0.3 is 9.52 Å². The van der Waals surface area contributed by atoms with Crippen LogP contribution >= 0.6 is 34.5 Å². The van der Waals surface area contributed by atoms with E-state index >= 15 is 9.59 Å². The number of rotatable bonds is 5. The molecule has 1 saturated carbocycles. The largest absolute Gasteiger partial charge is 0.508 e. The van der Waals surface area contributed by atoms with Crippen LogP contribution in [0.5, 0.6) is 5.75 Å². The summed E-state index contributed by atoms with van der Waals surface area (Å²) in [5, 5.41) is 17.1. The molecule has 0 bridgehead atoms. The van der Waals surface area contributed by atoms with Gasteiger partial charge in [0.25, 0.3) is 0 Å². The molecule has 14 heteroatoms. The van der Waals surface area contributed by atoms with Crippen molar-refractivity contribution in [1.29, 1.82) is 0 Å². The van der Waals surface area contributed by atoms with E-state index in [9.17, 15) is 14.7 Å². The maximum Gasteiger partial charge on any atom is 0.242 e. The molecule has 2 saturated heterocycles. The van der Waals surface area contributed by atoms with Crippen molar-refractivity contribution < 1.29 is 28.7 Å². The van der Waals surface area contributed by atoms with Gasteiger partial charge in [-0.25, -0.2) is 9.88 Å². The van der Waals surface area contributed by atoms with Crippen LogP contribution in [0.4, 0.5) is 11.5 Å². The molecule has 4 aromatic carbocycles. The van der Waals surface area contributed by atoms with Crippen LogP contribution < -0.4 is 9.80 Å². The zero-order valence-corrected chi connectivity index (χ0v) is 35.3. The first-order valence-corrected chi connectivity index (χ1v) is 21.5. The van der Waals surface area contributed by atoms with Gasteiger partial charge in [-0.15, -0.1) is 11.3 Å². The molecule has 11 rings (SSSR count). The fourth-order valence-electron chi connectivity index (χ4n) is 10.5. The Morgan fingerprint density at radius 2 is 1.67 bits per heavy atom. The number of aromatic nitrogens is 3.